The third-order valence-electron chi connectivity index (χ3n) is 7.00. The molecule has 2 atom stereocenters. The van der Waals surface area contributed by atoms with Crippen LogP contribution in [0.4, 0.5) is 11.9 Å². The van der Waals surface area contributed by atoms with Crippen molar-refractivity contribution in [1.29, 1.82) is 0 Å². The summed E-state index contributed by atoms with van der Waals surface area (Å²) in [4.78, 5) is 58.0. The molecule has 4 rings (SSSR count). The third kappa shape index (κ3) is 5.09. The number of carbonyl (C=O) groups excluding carboxylic acids is 4. The average Bonchev–Trinajstić information content (AvgIpc) is 3.65. The summed E-state index contributed by atoms with van der Waals surface area (Å²) in [5, 5.41) is 16.2. The second kappa shape index (κ2) is 11.1. The van der Waals surface area contributed by atoms with Gasteiger partial charge in [0.2, 0.25) is 0 Å². The van der Waals surface area contributed by atoms with Crippen molar-refractivity contribution in [1.82, 2.24) is 29.5 Å². The van der Waals surface area contributed by atoms with Crippen molar-refractivity contribution in [2.45, 2.75) is 85.5 Å². The molecule has 0 amide bonds. The summed E-state index contributed by atoms with van der Waals surface area (Å²) in [5.74, 6) is -0.116. The number of ketones is 2. The van der Waals surface area contributed by atoms with E-state index in [1.165, 1.54) is 9.13 Å². The Balaban J connectivity index is 1.20. The van der Waals surface area contributed by atoms with E-state index in [4.69, 9.17) is 0 Å². The van der Waals surface area contributed by atoms with Crippen LogP contribution in [0, 0.1) is 11.8 Å². The Morgan fingerprint density at radius 3 is 1.41 bits per heavy atom. The largest absolute Gasteiger partial charge is 0.299 e. The van der Waals surface area contributed by atoms with Crippen molar-refractivity contribution in [3.8, 4) is 0 Å². The topological polar surface area (TPSA) is 154 Å². The first kappa shape index (κ1) is 26.4. The first-order valence-corrected chi connectivity index (χ1v) is 13.0. The second-order valence-corrected chi connectivity index (χ2v) is 9.46. The van der Waals surface area contributed by atoms with Gasteiger partial charge in [-0.3, -0.25) is 19.2 Å². The molecule has 4 heterocycles. The van der Waals surface area contributed by atoms with Crippen molar-refractivity contribution in [2.24, 2.45) is 21.8 Å². The van der Waals surface area contributed by atoms with Crippen LogP contribution in [-0.4, -0.2) is 64.3 Å². The summed E-state index contributed by atoms with van der Waals surface area (Å²) in [7, 11) is 0. The van der Waals surface area contributed by atoms with E-state index in [0.717, 1.165) is 32.1 Å². The van der Waals surface area contributed by atoms with Crippen LogP contribution >= 0.6 is 0 Å². The van der Waals surface area contributed by atoms with E-state index in [2.05, 4.69) is 30.4 Å². The number of aryl methyl sites for hydroxylation is 2. The lowest BCUT2D eigenvalue weighted by Gasteiger charge is -2.08. The van der Waals surface area contributed by atoms with Crippen molar-refractivity contribution >= 4 is 46.7 Å². The third-order valence-corrected chi connectivity index (χ3v) is 7.00. The zero-order valence-electron chi connectivity index (χ0n) is 21.7. The summed E-state index contributed by atoms with van der Waals surface area (Å²) in [5.41, 5.74) is 0.473. The maximum atomic E-state index is 12.8. The lowest BCUT2D eigenvalue weighted by Crippen LogP contribution is -2.29. The number of hydrogen-bond acceptors (Lipinski definition) is 10. The predicted molar refractivity (Wildman–Crippen MR) is 135 cm³/mol. The minimum Gasteiger partial charge on any atom is -0.299 e. The molecule has 0 radical (unpaired) electrons. The molecule has 0 spiro atoms. The van der Waals surface area contributed by atoms with Gasteiger partial charge in [-0.25, -0.2) is 19.1 Å². The van der Waals surface area contributed by atoms with Crippen LogP contribution in [0.15, 0.2) is 9.98 Å². The van der Waals surface area contributed by atoms with Crippen LogP contribution in [-0.2, 0) is 22.4 Å². The number of hydrogen-bond donors (Lipinski definition) is 0. The minimum atomic E-state index is -0.547. The molecule has 2 aliphatic heterocycles. The van der Waals surface area contributed by atoms with Gasteiger partial charge in [-0.05, 0) is 26.7 Å². The second-order valence-electron chi connectivity index (χ2n) is 9.46. The number of nitrogens with zero attached hydrogens (tertiary/aromatic N) is 8. The van der Waals surface area contributed by atoms with Gasteiger partial charge in [-0.15, -0.1) is 20.4 Å². The monoisotopic (exact) mass is 508 g/mol. The Morgan fingerprint density at radius 1 is 0.649 bits per heavy atom. The van der Waals surface area contributed by atoms with Gasteiger partial charge in [0, 0.05) is 25.7 Å². The fourth-order valence-corrected chi connectivity index (χ4v) is 4.62. The molecule has 0 saturated carbocycles. The quantitative estimate of drug-likeness (QED) is 0.352. The lowest BCUT2D eigenvalue weighted by molar-refractivity contribution is -0.121. The summed E-state index contributed by atoms with van der Waals surface area (Å²) < 4.78 is 2.84. The molecule has 37 heavy (non-hydrogen) atoms. The molecular formula is C25H32N8O4. The smallest absolute Gasteiger partial charge is 0.281 e. The van der Waals surface area contributed by atoms with Crippen LogP contribution < -0.4 is 0 Å². The standard InChI is InChI=1S/C25H32N8O4/c1-5-16(34)14(3)20-22(36)32-18(28-30-24(32)26-20)12-10-8-7-9-11-13-19-29-31-25-27-21(23(37)33(19)25)15(4)17(35)6-2/h14-15H,5-13H2,1-4H3/t14-,15-/m0/s1. The highest BCUT2D eigenvalue weighted by Crippen LogP contribution is 2.25. The van der Waals surface area contributed by atoms with E-state index >= 15 is 0 Å². The fraction of sp³-hybridized carbons (Fsp3) is 0.600. The number of Topliss-reactive ketones (excluding diaryl/α,β-unsaturated/α-hetero) is 2. The van der Waals surface area contributed by atoms with E-state index in [0.29, 0.717) is 37.3 Å². The average molecular weight is 509 g/mol. The number of aromatic nitrogens is 6. The molecule has 196 valence electrons. The van der Waals surface area contributed by atoms with Gasteiger partial charge in [0.1, 0.15) is 34.6 Å². The molecule has 12 nitrogen and oxygen atoms in total. The van der Waals surface area contributed by atoms with Crippen LogP contribution in [0.5, 0.6) is 0 Å². The van der Waals surface area contributed by atoms with Crippen molar-refractivity contribution in [3.05, 3.63) is 11.6 Å². The normalized spacial score (nSPS) is 15.9. The van der Waals surface area contributed by atoms with Crippen LogP contribution in [0.3, 0.4) is 0 Å². The minimum absolute atomic E-state index is 0.0260. The summed E-state index contributed by atoms with van der Waals surface area (Å²) in [6, 6.07) is 0. The summed E-state index contributed by atoms with van der Waals surface area (Å²) in [6.45, 7) is 6.94. The van der Waals surface area contributed by atoms with Gasteiger partial charge >= 0.3 is 0 Å². The Labute approximate surface area is 214 Å². The highest BCUT2D eigenvalue weighted by molar-refractivity contribution is 6.46. The SMILES string of the molecule is CCC(=O)[C@H](C)C1=Nc2nnc(CCCCCCCc3nnc4n3C(=O)C([C@@H](C)C(=O)CC)=N4)n2C1=O. The summed E-state index contributed by atoms with van der Waals surface area (Å²) >= 11 is 0. The van der Waals surface area contributed by atoms with E-state index in [-0.39, 0.29) is 46.7 Å². The molecule has 2 aromatic heterocycles. The van der Waals surface area contributed by atoms with Gasteiger partial charge in [0.05, 0.1) is 11.8 Å². The highest BCUT2D eigenvalue weighted by Gasteiger charge is 2.35. The van der Waals surface area contributed by atoms with Gasteiger partial charge in [-0.2, -0.15) is 0 Å². The van der Waals surface area contributed by atoms with Crippen molar-refractivity contribution < 1.29 is 19.2 Å². The molecular weight excluding hydrogens is 476 g/mol. The number of carbonyl (C=O) groups is 4. The maximum absolute atomic E-state index is 12.8. The molecule has 0 aliphatic carbocycles. The number of fused-ring (bicyclic) bond motifs is 2. The van der Waals surface area contributed by atoms with Crippen LogP contribution in [0.25, 0.3) is 0 Å². The lowest BCUT2D eigenvalue weighted by atomic mass is 9.98. The van der Waals surface area contributed by atoms with Crippen LogP contribution in [0.1, 0.15) is 93.9 Å². The summed E-state index contributed by atoms with van der Waals surface area (Å²) in [6.07, 6.45) is 6.42. The van der Waals surface area contributed by atoms with E-state index in [1.54, 1.807) is 27.7 Å². The fourth-order valence-electron chi connectivity index (χ4n) is 4.62. The molecule has 0 unspecified atom stereocenters. The first-order valence-electron chi connectivity index (χ1n) is 13.0. The van der Waals surface area contributed by atoms with Gasteiger partial charge in [0.15, 0.2) is 0 Å². The van der Waals surface area contributed by atoms with Crippen LogP contribution in [0.2, 0.25) is 0 Å². The van der Waals surface area contributed by atoms with Gasteiger partial charge in [0.25, 0.3) is 23.7 Å². The molecule has 0 bridgehead atoms. The Morgan fingerprint density at radius 2 is 1.03 bits per heavy atom. The van der Waals surface area contributed by atoms with Crippen molar-refractivity contribution in [3.63, 3.8) is 0 Å². The number of aliphatic imine (C=N–C) groups is 2. The van der Waals surface area contributed by atoms with Crippen molar-refractivity contribution in [2.75, 3.05) is 0 Å². The zero-order valence-corrected chi connectivity index (χ0v) is 21.7. The van der Waals surface area contributed by atoms with E-state index in [1.807, 2.05) is 0 Å². The van der Waals surface area contributed by atoms with E-state index in [9.17, 15) is 19.2 Å². The molecule has 0 aromatic carbocycles. The van der Waals surface area contributed by atoms with E-state index < -0.39 is 11.8 Å². The van der Waals surface area contributed by atoms with Gasteiger partial charge in [-0.1, -0.05) is 33.1 Å². The molecule has 0 N–H and O–H groups in total. The number of unbranched alkanes of at least 4 members (excludes halogenated alkanes) is 4. The molecule has 2 aromatic rings. The zero-order chi connectivity index (χ0) is 26.7. The first-order chi connectivity index (χ1) is 17.8. The molecule has 0 saturated heterocycles. The molecule has 2 aliphatic rings. The molecule has 12 heteroatoms. The highest BCUT2D eigenvalue weighted by atomic mass is 16.2. The molecule has 0 fully saturated rings. The Hall–Kier alpha value is -3.70. The predicted octanol–water partition coefficient (Wildman–Crippen LogP) is 3.29. The Bertz CT molecular complexity index is 1200. The maximum Gasteiger partial charge on any atom is 0.281 e. The Kier molecular flexibility index (Phi) is 7.94. The number of rotatable bonds is 14. The van der Waals surface area contributed by atoms with Gasteiger partial charge < -0.3 is 0 Å².